The number of ether oxygens (including phenoxy) is 1. The lowest BCUT2D eigenvalue weighted by atomic mass is 9.68. The van der Waals surface area contributed by atoms with Crippen molar-refractivity contribution in [2.24, 2.45) is 17.8 Å². The molecule has 0 bridgehead atoms. The summed E-state index contributed by atoms with van der Waals surface area (Å²) in [4.78, 5) is 0. The number of hydrogen-bond acceptors (Lipinski definition) is 1. The number of fused-ring (bicyclic) bond motifs is 1. The van der Waals surface area contributed by atoms with Gasteiger partial charge in [-0.1, -0.05) is 25.7 Å². The van der Waals surface area contributed by atoms with Crippen molar-refractivity contribution in [2.45, 2.75) is 76.5 Å². The van der Waals surface area contributed by atoms with Crippen LogP contribution in [-0.4, -0.2) is 6.18 Å². The highest BCUT2D eigenvalue weighted by atomic mass is 19.4. The fraction of sp³-hybridized carbons (Fsp3) is 0.455. The van der Waals surface area contributed by atoms with Gasteiger partial charge in [-0.05, 0) is 97.4 Å². The molecule has 11 heteroatoms. The molecule has 2 saturated carbocycles. The Kier molecular flexibility index (Phi) is 8.85. The zero-order valence-electron chi connectivity index (χ0n) is 23.5. The monoisotopic (exact) mass is 630 g/mol. The second kappa shape index (κ2) is 12.2. The van der Waals surface area contributed by atoms with Crippen LogP contribution in [0.3, 0.4) is 0 Å². The van der Waals surface area contributed by atoms with Gasteiger partial charge in [0.25, 0.3) is 0 Å². The van der Waals surface area contributed by atoms with E-state index < -0.39 is 69.0 Å². The summed E-state index contributed by atoms with van der Waals surface area (Å²) in [6.07, 6.45) is -1.90. The smallest absolute Gasteiger partial charge is 0.429 e. The highest BCUT2D eigenvalue weighted by Gasteiger charge is 2.42. The van der Waals surface area contributed by atoms with Gasteiger partial charge in [-0.25, -0.2) is 22.0 Å². The van der Waals surface area contributed by atoms with E-state index in [1.54, 1.807) is 0 Å². The molecule has 2 aliphatic rings. The molecular formula is C33H28F10O. The van der Waals surface area contributed by atoms with E-state index in [9.17, 15) is 26.3 Å². The summed E-state index contributed by atoms with van der Waals surface area (Å²) in [6, 6.07) is 2.88. The Labute approximate surface area is 247 Å². The van der Waals surface area contributed by atoms with Crippen molar-refractivity contribution in [3.05, 3.63) is 76.1 Å². The van der Waals surface area contributed by atoms with E-state index in [0.717, 1.165) is 30.9 Å². The van der Waals surface area contributed by atoms with Crippen molar-refractivity contribution in [1.29, 1.82) is 0 Å². The number of halogens is 10. The predicted octanol–water partition coefficient (Wildman–Crippen LogP) is 10.7. The minimum absolute atomic E-state index is 0.202. The Balaban J connectivity index is 1.35. The van der Waals surface area contributed by atoms with Crippen LogP contribution in [-0.2, 0) is 6.11 Å². The molecule has 0 aromatic heterocycles. The molecule has 0 N–H and O–H groups in total. The molecule has 0 radical (unpaired) electrons. The van der Waals surface area contributed by atoms with Gasteiger partial charge in [0.2, 0.25) is 0 Å². The molecule has 0 amide bonds. The van der Waals surface area contributed by atoms with Crippen LogP contribution < -0.4 is 4.74 Å². The Morgan fingerprint density at radius 3 is 1.82 bits per heavy atom. The average Bonchev–Trinajstić information content (AvgIpc) is 2.91. The van der Waals surface area contributed by atoms with E-state index in [1.165, 1.54) is 31.6 Å². The first-order chi connectivity index (χ1) is 20.6. The van der Waals surface area contributed by atoms with E-state index in [-0.39, 0.29) is 17.5 Å². The number of rotatable bonds is 5. The molecule has 44 heavy (non-hydrogen) atoms. The minimum atomic E-state index is -5.09. The minimum Gasteiger partial charge on any atom is -0.429 e. The Hall–Kier alpha value is -3.42. The molecule has 236 valence electrons. The highest BCUT2D eigenvalue weighted by molar-refractivity contribution is 5.87. The zero-order valence-corrected chi connectivity index (χ0v) is 23.5. The Bertz CT molecular complexity index is 1580. The lowest BCUT2D eigenvalue weighted by molar-refractivity contribution is -0.189. The lowest BCUT2D eigenvalue weighted by Crippen LogP contribution is -2.26. The molecular weight excluding hydrogens is 602 g/mol. The van der Waals surface area contributed by atoms with Crippen LogP contribution in [0.25, 0.3) is 10.8 Å². The molecule has 1 nitrogen and oxygen atoms in total. The van der Waals surface area contributed by atoms with Crippen LogP contribution in [0.1, 0.15) is 80.9 Å². The maximum absolute atomic E-state index is 15.1. The van der Waals surface area contributed by atoms with Crippen LogP contribution in [0.15, 0.2) is 30.3 Å². The summed E-state index contributed by atoms with van der Waals surface area (Å²) in [5.74, 6) is -5.57. The van der Waals surface area contributed by atoms with E-state index in [4.69, 9.17) is 0 Å². The summed E-state index contributed by atoms with van der Waals surface area (Å²) in [5, 5.41) is -1.74. The predicted molar refractivity (Wildman–Crippen MR) is 143 cm³/mol. The van der Waals surface area contributed by atoms with E-state index >= 15 is 17.6 Å². The third-order valence-electron chi connectivity index (χ3n) is 8.96. The number of alkyl halides is 5. The van der Waals surface area contributed by atoms with Gasteiger partial charge in [0, 0.05) is 12.0 Å². The topological polar surface area (TPSA) is 9.23 Å². The number of benzene rings is 3. The molecule has 0 aliphatic heterocycles. The van der Waals surface area contributed by atoms with Gasteiger partial charge in [-0.15, -0.1) is 0 Å². The second-order valence-corrected chi connectivity index (χ2v) is 11.9. The SMILES string of the molecule is CC1CCC(C2CCC(c3cc(F)c(C(F)(F)Oc4cc(F)c5c(F)c(C#CC(F)(F)F)c(F)cc5c4)c(F)c3)CC2)CC1. The van der Waals surface area contributed by atoms with Crippen LogP contribution >= 0.6 is 0 Å². The van der Waals surface area contributed by atoms with Gasteiger partial charge in [0.15, 0.2) is 5.82 Å². The fourth-order valence-corrected chi connectivity index (χ4v) is 6.68. The van der Waals surface area contributed by atoms with Gasteiger partial charge in [-0.3, -0.25) is 0 Å². The molecule has 0 unspecified atom stereocenters. The van der Waals surface area contributed by atoms with Crippen LogP contribution in [0.5, 0.6) is 5.75 Å². The summed E-state index contributed by atoms with van der Waals surface area (Å²) >= 11 is 0. The summed E-state index contributed by atoms with van der Waals surface area (Å²) in [6.45, 7) is 2.25. The van der Waals surface area contributed by atoms with Crippen molar-refractivity contribution < 1.29 is 48.6 Å². The largest absolute Gasteiger partial charge is 0.458 e. The van der Waals surface area contributed by atoms with Gasteiger partial charge in [0.05, 0.1) is 10.9 Å². The number of hydrogen-bond donors (Lipinski definition) is 0. The summed E-state index contributed by atoms with van der Waals surface area (Å²) in [5.41, 5.74) is -2.85. The van der Waals surface area contributed by atoms with Crippen LogP contribution in [0, 0.1) is 58.7 Å². The van der Waals surface area contributed by atoms with Crippen molar-refractivity contribution in [3.63, 3.8) is 0 Å². The third-order valence-corrected chi connectivity index (χ3v) is 8.96. The molecule has 3 aromatic rings. The van der Waals surface area contributed by atoms with Crippen LogP contribution in [0.2, 0.25) is 0 Å². The van der Waals surface area contributed by atoms with Gasteiger partial charge >= 0.3 is 12.3 Å². The zero-order chi connectivity index (χ0) is 32.0. The molecule has 2 aliphatic carbocycles. The quantitative estimate of drug-likeness (QED) is 0.201. The molecule has 0 saturated heterocycles. The lowest BCUT2D eigenvalue weighted by Gasteiger charge is -2.37. The van der Waals surface area contributed by atoms with Crippen molar-refractivity contribution >= 4 is 10.8 Å². The van der Waals surface area contributed by atoms with Crippen LogP contribution in [0.4, 0.5) is 43.9 Å². The van der Waals surface area contributed by atoms with Crippen molar-refractivity contribution in [3.8, 4) is 17.6 Å². The summed E-state index contributed by atoms with van der Waals surface area (Å²) < 4.78 is 146. The molecule has 2 fully saturated rings. The molecule has 0 spiro atoms. The first kappa shape index (κ1) is 32.0. The second-order valence-electron chi connectivity index (χ2n) is 11.9. The molecule has 0 atom stereocenters. The van der Waals surface area contributed by atoms with E-state index in [2.05, 4.69) is 11.7 Å². The third kappa shape index (κ3) is 6.79. The Morgan fingerprint density at radius 1 is 0.682 bits per heavy atom. The fourth-order valence-electron chi connectivity index (χ4n) is 6.68. The van der Waals surface area contributed by atoms with Gasteiger partial charge in [0.1, 0.15) is 34.6 Å². The maximum Gasteiger partial charge on any atom is 0.458 e. The normalized spacial score (nSPS) is 22.9. The molecule has 0 heterocycles. The highest BCUT2D eigenvalue weighted by Crippen LogP contribution is 2.45. The Morgan fingerprint density at radius 2 is 1.25 bits per heavy atom. The van der Waals surface area contributed by atoms with E-state index in [0.29, 0.717) is 42.7 Å². The molecule has 5 rings (SSSR count). The first-order valence-corrected chi connectivity index (χ1v) is 14.4. The summed E-state index contributed by atoms with van der Waals surface area (Å²) in [7, 11) is 0. The van der Waals surface area contributed by atoms with Gasteiger partial charge in [-0.2, -0.15) is 22.0 Å². The molecule has 3 aromatic carbocycles. The van der Waals surface area contributed by atoms with Crippen molar-refractivity contribution in [2.75, 3.05) is 0 Å². The van der Waals surface area contributed by atoms with E-state index in [1.807, 2.05) is 0 Å². The van der Waals surface area contributed by atoms with Gasteiger partial charge < -0.3 is 4.74 Å². The maximum atomic E-state index is 15.1. The van der Waals surface area contributed by atoms with Crippen molar-refractivity contribution in [1.82, 2.24) is 0 Å². The average molecular weight is 631 g/mol. The first-order valence-electron chi connectivity index (χ1n) is 14.4. The standard InChI is InChI=1S/C33H28F10O/c1-17-2-4-18(5-3-17)19-6-8-20(9-7-19)21-13-27(36)30(28(37)14-21)33(42,43)44-23-12-22-15-25(34)24(10-11-32(39,40)41)31(38)29(22)26(35)16-23/h12-20H,2-9H2,1H3.